The molecule has 10 rings (SSSR count). The highest BCUT2D eigenvalue weighted by atomic mass is 19.1. The van der Waals surface area contributed by atoms with Crippen LogP contribution in [-0.4, -0.2) is 111 Å². The standard InChI is InChI=1S/C26H28F2N6O3.C26H29FN6O3/c1-15(2)32-7-8-33(25-23(27)16(13-35)9-21(37-4)24(25)28)20-6-5-19-22(18(20)12-32)26(36)34(14-29-19)17-10-30-31(3)11-17;1-16(2)31-7-8-32(22-9-17(14-34)10-23(36-4)25(22)27)21-6-5-20-24(19(21)13-31)26(35)33(15-28-20)18-11-29-30(3)12-18/h5-6,9-11,14-15,35H,7-8,12-13H2,1-4H3;5-6,9-12,15-16,34H,7-8,13-14H2,1-4H3. The summed E-state index contributed by atoms with van der Waals surface area (Å²) in [4.78, 5) is 44.5. The molecule has 6 heterocycles. The molecule has 0 spiro atoms. The second-order valence-electron chi connectivity index (χ2n) is 18.6. The predicted octanol–water partition coefficient (Wildman–Crippen LogP) is 6.38. The number of hydrogen-bond donors (Lipinski definition) is 2. The maximum Gasteiger partial charge on any atom is 0.266 e. The fraction of sp³-hybridized carbons (Fsp3) is 0.346. The van der Waals surface area contributed by atoms with E-state index in [1.165, 1.54) is 47.0 Å². The molecule has 0 aliphatic carbocycles. The third-order valence-electron chi connectivity index (χ3n) is 13.6. The summed E-state index contributed by atoms with van der Waals surface area (Å²) in [5, 5.41) is 28.7. The lowest BCUT2D eigenvalue weighted by molar-refractivity contribution is 0.224. The number of aromatic nitrogens is 8. The normalized spacial score (nSPS) is 14.3. The Kier molecular flexibility index (Phi) is 14.1. The van der Waals surface area contributed by atoms with Crippen molar-refractivity contribution in [3.63, 3.8) is 0 Å². The van der Waals surface area contributed by atoms with Gasteiger partial charge in [0.25, 0.3) is 11.1 Å². The first kappa shape index (κ1) is 50.4. The fourth-order valence-electron chi connectivity index (χ4n) is 9.64. The molecule has 73 heavy (non-hydrogen) atoms. The zero-order chi connectivity index (χ0) is 52.0. The summed E-state index contributed by atoms with van der Waals surface area (Å²) in [6.07, 6.45) is 9.62. The average Bonchev–Trinajstić information content (AvgIpc) is 3.89. The number of ether oxygens (including phenoxy) is 2. The van der Waals surface area contributed by atoms with Crippen LogP contribution in [0.25, 0.3) is 33.2 Å². The summed E-state index contributed by atoms with van der Waals surface area (Å²) in [6.45, 7) is 10.2. The van der Waals surface area contributed by atoms with Crippen molar-refractivity contribution < 1.29 is 32.9 Å². The van der Waals surface area contributed by atoms with Gasteiger partial charge in [-0.15, -0.1) is 0 Å². The van der Waals surface area contributed by atoms with Crippen molar-refractivity contribution >= 4 is 44.6 Å². The topological polar surface area (TPSA) is 177 Å². The SMILES string of the molecule is COc1cc(CO)c(F)c(N2CCN(C(C)C)Cc3c2ccc2ncn(-c4cnn(C)c4)c(=O)c32)c1F.COc1cc(CO)cc(N2CCN(C(C)C)Cc3c2ccc2ncn(-c4cnn(C)c4)c(=O)c32)c1F. The second kappa shape index (κ2) is 20.5. The van der Waals surface area contributed by atoms with Gasteiger partial charge in [-0.1, -0.05) is 0 Å². The van der Waals surface area contributed by atoms with Crippen LogP contribution in [-0.2, 0) is 40.4 Å². The number of aryl methyl sites for hydroxylation is 2. The molecule has 0 bridgehead atoms. The highest BCUT2D eigenvalue weighted by Gasteiger charge is 2.32. The van der Waals surface area contributed by atoms with Crippen LogP contribution >= 0.6 is 0 Å². The van der Waals surface area contributed by atoms with Crippen LogP contribution in [0.4, 0.5) is 35.9 Å². The van der Waals surface area contributed by atoms with Gasteiger partial charge in [0.05, 0.1) is 78.7 Å². The van der Waals surface area contributed by atoms with E-state index in [0.717, 1.165) is 17.3 Å². The number of rotatable bonds is 10. The zero-order valence-corrected chi connectivity index (χ0v) is 41.8. The lowest BCUT2D eigenvalue weighted by Crippen LogP contribution is -2.34. The lowest BCUT2D eigenvalue weighted by atomic mass is 10.0. The summed E-state index contributed by atoms with van der Waals surface area (Å²) in [5.41, 5.74) is 4.76. The van der Waals surface area contributed by atoms with E-state index in [2.05, 4.69) is 43.8 Å². The third kappa shape index (κ3) is 9.28. The maximum absolute atomic E-state index is 15.6. The van der Waals surface area contributed by atoms with Gasteiger partial charge in [-0.2, -0.15) is 10.2 Å². The van der Waals surface area contributed by atoms with Gasteiger partial charge in [-0.25, -0.2) is 23.1 Å². The van der Waals surface area contributed by atoms with Gasteiger partial charge in [0.15, 0.2) is 29.0 Å². The Labute approximate surface area is 418 Å². The first-order valence-electron chi connectivity index (χ1n) is 23.8. The van der Waals surface area contributed by atoms with Crippen molar-refractivity contribution in [1.29, 1.82) is 0 Å². The first-order chi connectivity index (χ1) is 35.1. The minimum absolute atomic E-state index is 0.0597. The molecule has 4 aromatic heterocycles. The highest BCUT2D eigenvalue weighted by molar-refractivity contribution is 5.90. The predicted molar refractivity (Wildman–Crippen MR) is 271 cm³/mol. The maximum atomic E-state index is 15.6. The van der Waals surface area contributed by atoms with E-state index in [9.17, 15) is 19.8 Å². The van der Waals surface area contributed by atoms with E-state index in [-0.39, 0.29) is 59.1 Å². The summed E-state index contributed by atoms with van der Waals surface area (Å²) in [5.74, 6) is -2.38. The Bertz CT molecular complexity index is 3470. The lowest BCUT2D eigenvalue weighted by Gasteiger charge is -2.28. The summed E-state index contributed by atoms with van der Waals surface area (Å²) < 4.78 is 63.3. The molecule has 0 fully saturated rings. The summed E-state index contributed by atoms with van der Waals surface area (Å²) in [7, 11) is 6.24. The van der Waals surface area contributed by atoms with Gasteiger partial charge < -0.3 is 29.5 Å². The van der Waals surface area contributed by atoms with E-state index < -0.39 is 24.1 Å². The Hall–Kier alpha value is -7.59. The molecule has 0 saturated carbocycles. The molecular weight excluding hydrogens is 946 g/mol. The van der Waals surface area contributed by atoms with Gasteiger partial charge in [0, 0.05) is 106 Å². The van der Waals surface area contributed by atoms with E-state index in [1.807, 2.05) is 24.8 Å². The van der Waals surface area contributed by atoms with Crippen molar-refractivity contribution in [3.8, 4) is 22.9 Å². The van der Waals surface area contributed by atoms with Crippen molar-refractivity contribution in [2.75, 3.05) is 50.2 Å². The van der Waals surface area contributed by atoms with E-state index in [1.54, 1.807) is 72.5 Å². The smallest absolute Gasteiger partial charge is 0.266 e. The van der Waals surface area contributed by atoms with Crippen molar-refractivity contribution in [3.05, 3.63) is 140 Å². The van der Waals surface area contributed by atoms with Crippen LogP contribution in [0.1, 0.15) is 49.9 Å². The number of halogens is 3. The van der Waals surface area contributed by atoms with Crippen molar-refractivity contribution in [2.45, 2.75) is 66.1 Å². The zero-order valence-electron chi connectivity index (χ0n) is 41.8. The van der Waals surface area contributed by atoms with Gasteiger partial charge >= 0.3 is 0 Å². The van der Waals surface area contributed by atoms with Crippen LogP contribution in [0, 0.1) is 17.5 Å². The molecule has 0 saturated heterocycles. The number of methoxy groups -OCH3 is 2. The van der Waals surface area contributed by atoms with E-state index in [0.29, 0.717) is 88.4 Å². The number of aliphatic hydroxyl groups is 2. The third-order valence-corrected chi connectivity index (χ3v) is 13.6. The summed E-state index contributed by atoms with van der Waals surface area (Å²) in [6, 6.07) is 11.7. The Morgan fingerprint density at radius 3 is 1.56 bits per heavy atom. The van der Waals surface area contributed by atoms with Gasteiger partial charge in [-0.05, 0) is 75.7 Å². The molecule has 0 atom stereocenters. The van der Waals surface area contributed by atoms with Crippen LogP contribution in [0.2, 0.25) is 0 Å². The van der Waals surface area contributed by atoms with Crippen LogP contribution in [0.5, 0.6) is 11.5 Å². The van der Waals surface area contributed by atoms with Crippen molar-refractivity contribution in [2.24, 2.45) is 14.1 Å². The molecule has 0 unspecified atom stereocenters. The molecule has 382 valence electrons. The first-order valence-corrected chi connectivity index (χ1v) is 23.8. The number of hydrogen-bond acceptors (Lipinski definition) is 14. The Morgan fingerprint density at radius 1 is 0.616 bits per heavy atom. The Balaban J connectivity index is 0.000000180. The summed E-state index contributed by atoms with van der Waals surface area (Å²) >= 11 is 0. The van der Waals surface area contributed by atoms with Crippen LogP contribution in [0.3, 0.4) is 0 Å². The second-order valence-corrected chi connectivity index (χ2v) is 18.6. The van der Waals surface area contributed by atoms with E-state index in [4.69, 9.17) is 9.47 Å². The average molecular weight is 1000 g/mol. The number of aliphatic hydroxyl groups excluding tert-OH is 2. The molecule has 2 aliphatic heterocycles. The largest absolute Gasteiger partial charge is 0.494 e. The molecule has 21 heteroatoms. The molecule has 8 aromatic rings. The number of fused-ring (bicyclic) bond motifs is 6. The quantitative estimate of drug-likeness (QED) is 0.154. The molecule has 2 N–H and O–H groups in total. The van der Waals surface area contributed by atoms with Gasteiger partial charge in [0.2, 0.25) is 0 Å². The highest BCUT2D eigenvalue weighted by Crippen LogP contribution is 2.42. The molecule has 0 amide bonds. The molecule has 2 aliphatic rings. The van der Waals surface area contributed by atoms with Crippen LogP contribution < -0.4 is 30.4 Å². The fourth-order valence-corrected chi connectivity index (χ4v) is 9.64. The molecular formula is C52H57F3N12O6. The molecule has 0 radical (unpaired) electrons. The van der Waals surface area contributed by atoms with E-state index >= 15 is 13.2 Å². The van der Waals surface area contributed by atoms with Gasteiger partial charge in [-0.3, -0.25) is 37.9 Å². The van der Waals surface area contributed by atoms with Crippen LogP contribution in [0.15, 0.2) is 89.5 Å². The number of anilines is 4. The Morgan fingerprint density at radius 2 is 1.11 bits per heavy atom. The van der Waals surface area contributed by atoms with Gasteiger partial charge in [0.1, 0.15) is 18.3 Å². The molecule has 4 aromatic carbocycles. The monoisotopic (exact) mass is 1000 g/mol. The minimum Gasteiger partial charge on any atom is -0.494 e. The van der Waals surface area contributed by atoms with Crippen molar-refractivity contribution in [1.82, 2.24) is 48.5 Å². The molecule has 18 nitrogen and oxygen atoms in total. The number of benzene rings is 4. The number of nitrogens with zero attached hydrogens (tertiary/aromatic N) is 12. The minimum atomic E-state index is -0.875.